The van der Waals surface area contributed by atoms with Gasteiger partial charge >= 0.3 is 0 Å². The first-order valence-electron chi connectivity index (χ1n) is 11.4. The summed E-state index contributed by atoms with van der Waals surface area (Å²) in [5.41, 5.74) is 2.26. The third-order valence-corrected chi connectivity index (χ3v) is 7.09. The highest BCUT2D eigenvalue weighted by atomic mass is 16.5. The molecule has 0 bridgehead atoms. The number of aromatic nitrogens is 1. The first kappa shape index (κ1) is 19.0. The van der Waals surface area contributed by atoms with Gasteiger partial charge in [0.2, 0.25) is 5.90 Å². The van der Waals surface area contributed by atoms with Crippen molar-refractivity contribution in [2.75, 3.05) is 6.61 Å². The van der Waals surface area contributed by atoms with Crippen LogP contribution in [0.2, 0.25) is 0 Å². The molecule has 0 N–H and O–H groups in total. The molecule has 2 heterocycles. The van der Waals surface area contributed by atoms with Crippen LogP contribution in [0, 0.1) is 17.8 Å². The van der Waals surface area contributed by atoms with Gasteiger partial charge in [-0.1, -0.05) is 58.4 Å². The zero-order chi connectivity index (χ0) is 18.6. The van der Waals surface area contributed by atoms with Gasteiger partial charge in [0, 0.05) is 11.6 Å². The lowest BCUT2D eigenvalue weighted by Gasteiger charge is -2.37. The third-order valence-electron chi connectivity index (χ3n) is 7.09. The molecule has 2 aliphatic carbocycles. The summed E-state index contributed by atoms with van der Waals surface area (Å²) in [5.74, 6) is 3.55. The van der Waals surface area contributed by atoms with Crippen LogP contribution in [0.1, 0.15) is 95.4 Å². The Bertz CT molecular complexity index is 624. The molecule has 3 heteroatoms. The standard InChI is InChI=1S/C24H36N2O/c1-17(2)22-16-27-24(26-22)21-15-9-14-20(25-21)23(18-10-5-3-6-11-18)19-12-7-4-8-13-19/h9,14-15,17-19,22-23H,3-8,10-13,16H2,1-2H3/t22-/m1/s1. The van der Waals surface area contributed by atoms with E-state index in [0.29, 0.717) is 18.4 Å². The fourth-order valence-corrected chi connectivity index (χ4v) is 5.48. The molecule has 0 unspecified atom stereocenters. The molecule has 0 aromatic carbocycles. The lowest BCUT2D eigenvalue weighted by atomic mass is 9.68. The molecule has 1 atom stereocenters. The highest BCUT2D eigenvalue weighted by Crippen LogP contribution is 2.45. The molecular weight excluding hydrogens is 332 g/mol. The van der Waals surface area contributed by atoms with E-state index >= 15 is 0 Å². The average molecular weight is 369 g/mol. The number of pyridine rings is 1. The maximum absolute atomic E-state index is 5.93. The molecule has 27 heavy (non-hydrogen) atoms. The lowest BCUT2D eigenvalue weighted by Crippen LogP contribution is -2.26. The maximum Gasteiger partial charge on any atom is 0.235 e. The van der Waals surface area contributed by atoms with Crippen molar-refractivity contribution in [2.45, 2.75) is 90.0 Å². The van der Waals surface area contributed by atoms with Gasteiger partial charge < -0.3 is 4.74 Å². The van der Waals surface area contributed by atoms with Crippen LogP contribution < -0.4 is 0 Å². The predicted octanol–water partition coefficient (Wildman–Crippen LogP) is 6.13. The summed E-state index contributed by atoms with van der Waals surface area (Å²) in [6, 6.07) is 6.83. The number of aliphatic imine (C=N–C) groups is 1. The molecule has 1 aromatic rings. The summed E-state index contributed by atoms with van der Waals surface area (Å²) in [5, 5.41) is 0. The van der Waals surface area contributed by atoms with E-state index in [-0.39, 0.29) is 6.04 Å². The van der Waals surface area contributed by atoms with E-state index in [0.717, 1.165) is 23.4 Å². The smallest absolute Gasteiger partial charge is 0.235 e. The van der Waals surface area contributed by atoms with Gasteiger partial charge in [0.1, 0.15) is 12.3 Å². The van der Waals surface area contributed by atoms with Crippen LogP contribution in [0.25, 0.3) is 0 Å². The van der Waals surface area contributed by atoms with E-state index in [2.05, 4.69) is 32.0 Å². The summed E-state index contributed by atoms with van der Waals surface area (Å²) >= 11 is 0. The molecule has 148 valence electrons. The van der Waals surface area contributed by atoms with Gasteiger partial charge in [-0.15, -0.1) is 0 Å². The van der Waals surface area contributed by atoms with Gasteiger partial charge in [-0.25, -0.2) is 9.98 Å². The average Bonchev–Trinajstić information content (AvgIpc) is 3.21. The Kier molecular flexibility index (Phi) is 6.14. The second kappa shape index (κ2) is 8.75. The Labute approximate surface area is 165 Å². The Morgan fingerprint density at radius 2 is 1.52 bits per heavy atom. The normalized spacial score (nSPS) is 25.0. The molecule has 3 aliphatic rings. The highest BCUT2D eigenvalue weighted by Gasteiger charge is 2.34. The fraction of sp³-hybridized carbons (Fsp3) is 0.750. The van der Waals surface area contributed by atoms with Crippen LogP contribution in [0.15, 0.2) is 23.2 Å². The van der Waals surface area contributed by atoms with E-state index in [1.54, 1.807) is 0 Å². The number of hydrogen-bond donors (Lipinski definition) is 0. The molecule has 1 aliphatic heterocycles. The zero-order valence-corrected chi connectivity index (χ0v) is 17.2. The Morgan fingerprint density at radius 3 is 2.07 bits per heavy atom. The van der Waals surface area contributed by atoms with Crippen molar-refractivity contribution in [3.63, 3.8) is 0 Å². The van der Waals surface area contributed by atoms with Crippen LogP contribution in [0.3, 0.4) is 0 Å². The second-order valence-corrected chi connectivity index (χ2v) is 9.33. The van der Waals surface area contributed by atoms with Gasteiger partial charge in [0.15, 0.2) is 0 Å². The summed E-state index contributed by atoms with van der Waals surface area (Å²) in [6.07, 6.45) is 14.0. The summed E-state index contributed by atoms with van der Waals surface area (Å²) in [7, 11) is 0. The van der Waals surface area contributed by atoms with E-state index in [1.807, 2.05) is 0 Å². The molecule has 0 radical (unpaired) electrons. The van der Waals surface area contributed by atoms with Gasteiger partial charge in [-0.05, 0) is 55.6 Å². The number of rotatable bonds is 5. The molecule has 2 saturated carbocycles. The Morgan fingerprint density at radius 1 is 0.889 bits per heavy atom. The molecule has 0 amide bonds. The van der Waals surface area contributed by atoms with E-state index in [1.165, 1.54) is 69.9 Å². The minimum atomic E-state index is 0.276. The van der Waals surface area contributed by atoms with Crippen molar-refractivity contribution in [2.24, 2.45) is 22.7 Å². The monoisotopic (exact) mass is 368 g/mol. The van der Waals surface area contributed by atoms with Crippen molar-refractivity contribution in [3.05, 3.63) is 29.6 Å². The van der Waals surface area contributed by atoms with Crippen molar-refractivity contribution >= 4 is 5.90 Å². The molecule has 3 nitrogen and oxygen atoms in total. The highest BCUT2D eigenvalue weighted by molar-refractivity contribution is 5.93. The van der Waals surface area contributed by atoms with E-state index < -0.39 is 0 Å². The van der Waals surface area contributed by atoms with E-state index in [9.17, 15) is 0 Å². The molecule has 0 saturated heterocycles. The maximum atomic E-state index is 5.93. The van der Waals surface area contributed by atoms with E-state index in [4.69, 9.17) is 14.7 Å². The predicted molar refractivity (Wildman–Crippen MR) is 111 cm³/mol. The molecule has 4 rings (SSSR count). The topological polar surface area (TPSA) is 34.5 Å². The van der Waals surface area contributed by atoms with Gasteiger partial charge in [0.05, 0.1) is 6.04 Å². The minimum absolute atomic E-state index is 0.276. The van der Waals surface area contributed by atoms with Crippen LogP contribution >= 0.6 is 0 Å². The van der Waals surface area contributed by atoms with Gasteiger partial charge in [-0.3, -0.25) is 0 Å². The third kappa shape index (κ3) is 4.38. The quantitative estimate of drug-likeness (QED) is 0.627. The van der Waals surface area contributed by atoms with Crippen molar-refractivity contribution < 1.29 is 4.74 Å². The lowest BCUT2D eigenvalue weighted by molar-refractivity contribution is 0.199. The number of nitrogens with zero attached hydrogens (tertiary/aromatic N) is 2. The van der Waals surface area contributed by atoms with Crippen molar-refractivity contribution in [1.29, 1.82) is 0 Å². The first-order chi connectivity index (χ1) is 13.2. The number of hydrogen-bond acceptors (Lipinski definition) is 3. The molecule has 1 aromatic heterocycles. The summed E-state index contributed by atoms with van der Waals surface area (Å²) < 4.78 is 5.93. The summed E-state index contributed by atoms with van der Waals surface area (Å²) in [6.45, 7) is 5.13. The van der Waals surface area contributed by atoms with Gasteiger partial charge in [0.25, 0.3) is 0 Å². The van der Waals surface area contributed by atoms with Crippen LogP contribution in [-0.2, 0) is 4.74 Å². The molecule has 0 spiro atoms. The zero-order valence-electron chi connectivity index (χ0n) is 17.2. The number of ether oxygens (including phenoxy) is 1. The minimum Gasteiger partial charge on any atom is -0.474 e. The van der Waals surface area contributed by atoms with Crippen LogP contribution in [0.4, 0.5) is 0 Å². The Hall–Kier alpha value is -1.38. The fourth-order valence-electron chi connectivity index (χ4n) is 5.48. The second-order valence-electron chi connectivity index (χ2n) is 9.33. The largest absolute Gasteiger partial charge is 0.474 e. The van der Waals surface area contributed by atoms with Gasteiger partial charge in [-0.2, -0.15) is 0 Å². The Balaban J connectivity index is 1.61. The summed E-state index contributed by atoms with van der Waals surface area (Å²) in [4.78, 5) is 9.96. The first-order valence-corrected chi connectivity index (χ1v) is 11.4. The van der Waals surface area contributed by atoms with Crippen molar-refractivity contribution in [3.8, 4) is 0 Å². The molecular formula is C24H36N2O. The SMILES string of the molecule is CC(C)[C@H]1COC(c2cccc(C(C3CCCCC3)C3CCCCC3)n2)=N1. The van der Waals surface area contributed by atoms with Crippen LogP contribution in [0.5, 0.6) is 0 Å². The van der Waals surface area contributed by atoms with Crippen LogP contribution in [-0.4, -0.2) is 23.5 Å². The molecule has 2 fully saturated rings. The van der Waals surface area contributed by atoms with Crippen molar-refractivity contribution in [1.82, 2.24) is 4.98 Å².